The van der Waals surface area contributed by atoms with Crippen molar-refractivity contribution in [3.05, 3.63) is 35.1 Å². The Balaban J connectivity index is 1.74. The van der Waals surface area contributed by atoms with E-state index in [4.69, 9.17) is 5.11 Å². The first kappa shape index (κ1) is 15.8. The van der Waals surface area contributed by atoms with Crippen molar-refractivity contribution in [1.82, 2.24) is 10.2 Å². The van der Waals surface area contributed by atoms with Crippen molar-refractivity contribution in [1.29, 1.82) is 0 Å². The van der Waals surface area contributed by atoms with Crippen molar-refractivity contribution >= 4 is 6.03 Å². The van der Waals surface area contributed by atoms with Crippen LogP contribution in [0.1, 0.15) is 24.0 Å². The first-order valence-electron chi connectivity index (χ1n) is 7.49. The van der Waals surface area contributed by atoms with Crippen LogP contribution < -0.4 is 5.32 Å². The highest BCUT2D eigenvalue weighted by Crippen LogP contribution is 2.16. The van der Waals surface area contributed by atoms with E-state index < -0.39 is 0 Å². The van der Waals surface area contributed by atoms with Crippen LogP contribution in [0.4, 0.5) is 9.18 Å². The molecule has 1 aromatic rings. The second-order valence-electron chi connectivity index (χ2n) is 5.67. The third-order valence-corrected chi connectivity index (χ3v) is 4.14. The number of amides is 2. The average Bonchev–Trinajstić information content (AvgIpc) is 2.49. The van der Waals surface area contributed by atoms with Gasteiger partial charge in [-0.15, -0.1) is 0 Å². The van der Waals surface area contributed by atoms with Crippen LogP contribution in [-0.2, 0) is 6.42 Å². The monoisotopic (exact) mass is 294 g/mol. The summed E-state index contributed by atoms with van der Waals surface area (Å²) >= 11 is 0. The van der Waals surface area contributed by atoms with Crippen LogP contribution in [0.3, 0.4) is 0 Å². The molecular weight excluding hydrogens is 271 g/mol. The first-order chi connectivity index (χ1) is 10.1. The highest BCUT2D eigenvalue weighted by atomic mass is 19.1. The van der Waals surface area contributed by atoms with Gasteiger partial charge < -0.3 is 15.3 Å². The molecule has 1 aromatic carbocycles. The first-order valence-corrected chi connectivity index (χ1v) is 7.49. The fourth-order valence-corrected chi connectivity index (χ4v) is 2.67. The Bertz CT molecular complexity index is 485. The van der Waals surface area contributed by atoms with E-state index in [0.717, 1.165) is 24.0 Å². The van der Waals surface area contributed by atoms with Crippen molar-refractivity contribution in [3.8, 4) is 0 Å². The number of nitrogens with one attached hydrogen (secondary N) is 1. The summed E-state index contributed by atoms with van der Waals surface area (Å²) < 4.78 is 13.0. The standard InChI is InChI=1S/C16H23FN2O2/c1-12-10-15(17)3-2-14(12)4-7-18-16(21)19-8-5-13(11-20)6-9-19/h2-3,10,13,20H,4-9,11H2,1H3,(H,18,21). The molecule has 0 aromatic heterocycles. The van der Waals surface area contributed by atoms with E-state index in [1.54, 1.807) is 11.0 Å². The molecule has 1 saturated heterocycles. The van der Waals surface area contributed by atoms with Gasteiger partial charge in [0.1, 0.15) is 5.82 Å². The lowest BCUT2D eigenvalue weighted by atomic mass is 9.98. The molecule has 1 fully saturated rings. The number of hydrogen-bond acceptors (Lipinski definition) is 2. The van der Waals surface area contributed by atoms with Gasteiger partial charge in [-0.3, -0.25) is 0 Å². The van der Waals surface area contributed by atoms with E-state index in [9.17, 15) is 9.18 Å². The summed E-state index contributed by atoms with van der Waals surface area (Å²) in [5.41, 5.74) is 1.96. The van der Waals surface area contributed by atoms with Gasteiger partial charge in [-0.1, -0.05) is 6.07 Å². The number of piperidine rings is 1. The molecule has 4 nitrogen and oxygen atoms in total. The van der Waals surface area contributed by atoms with Crippen LogP contribution in [0.15, 0.2) is 18.2 Å². The molecule has 21 heavy (non-hydrogen) atoms. The molecule has 1 heterocycles. The van der Waals surface area contributed by atoms with Gasteiger partial charge in [0, 0.05) is 26.2 Å². The van der Waals surface area contributed by atoms with Gasteiger partial charge in [-0.05, 0) is 55.4 Å². The van der Waals surface area contributed by atoms with Crippen molar-refractivity contribution in [3.63, 3.8) is 0 Å². The third kappa shape index (κ3) is 4.43. The molecule has 5 heteroatoms. The molecule has 0 saturated carbocycles. The molecule has 1 aliphatic heterocycles. The number of halogens is 1. The molecule has 2 amide bonds. The SMILES string of the molecule is Cc1cc(F)ccc1CCNC(=O)N1CCC(CO)CC1. The van der Waals surface area contributed by atoms with Crippen molar-refractivity contribution in [2.45, 2.75) is 26.2 Å². The van der Waals surface area contributed by atoms with Crippen LogP contribution in [0.2, 0.25) is 0 Å². The molecule has 2 N–H and O–H groups in total. The Kier molecular flexibility index (Phi) is 5.56. The Morgan fingerprint density at radius 1 is 1.43 bits per heavy atom. The smallest absolute Gasteiger partial charge is 0.317 e. The minimum absolute atomic E-state index is 0.0499. The Hall–Kier alpha value is -1.62. The zero-order valence-electron chi connectivity index (χ0n) is 12.4. The number of benzene rings is 1. The largest absolute Gasteiger partial charge is 0.396 e. The van der Waals surface area contributed by atoms with E-state index in [2.05, 4.69) is 5.32 Å². The number of hydrogen-bond donors (Lipinski definition) is 2. The van der Waals surface area contributed by atoms with E-state index in [1.807, 2.05) is 6.92 Å². The molecule has 116 valence electrons. The lowest BCUT2D eigenvalue weighted by Gasteiger charge is -2.31. The maximum Gasteiger partial charge on any atom is 0.317 e. The zero-order chi connectivity index (χ0) is 15.2. The minimum Gasteiger partial charge on any atom is -0.396 e. The van der Waals surface area contributed by atoms with Crippen LogP contribution in [0.25, 0.3) is 0 Å². The summed E-state index contributed by atoms with van der Waals surface area (Å²) in [6.07, 6.45) is 2.42. The van der Waals surface area contributed by atoms with Gasteiger partial charge in [0.25, 0.3) is 0 Å². The van der Waals surface area contributed by atoms with Crippen LogP contribution in [0.5, 0.6) is 0 Å². The highest BCUT2D eigenvalue weighted by Gasteiger charge is 2.21. The van der Waals surface area contributed by atoms with Gasteiger partial charge in [0.2, 0.25) is 0 Å². The minimum atomic E-state index is -0.230. The Morgan fingerprint density at radius 3 is 2.76 bits per heavy atom. The van der Waals surface area contributed by atoms with Crippen LogP contribution in [-0.4, -0.2) is 42.3 Å². The molecule has 0 unspecified atom stereocenters. The molecule has 0 aliphatic carbocycles. The topological polar surface area (TPSA) is 52.6 Å². The van der Waals surface area contributed by atoms with E-state index >= 15 is 0 Å². The van der Waals surface area contributed by atoms with E-state index in [0.29, 0.717) is 32.0 Å². The molecule has 0 atom stereocenters. The van der Waals surface area contributed by atoms with Gasteiger partial charge in [-0.25, -0.2) is 9.18 Å². The van der Waals surface area contributed by atoms with Gasteiger partial charge in [0.05, 0.1) is 0 Å². The number of aliphatic hydroxyl groups excluding tert-OH is 1. The predicted molar refractivity (Wildman–Crippen MR) is 79.6 cm³/mol. The summed E-state index contributed by atoms with van der Waals surface area (Å²) in [5, 5.41) is 12.0. The van der Waals surface area contributed by atoms with Crippen LogP contribution in [0, 0.1) is 18.7 Å². The van der Waals surface area contributed by atoms with Crippen molar-refractivity contribution < 1.29 is 14.3 Å². The van der Waals surface area contributed by atoms with E-state index in [1.165, 1.54) is 12.1 Å². The predicted octanol–water partition coefficient (Wildman–Crippen LogP) is 2.09. The second-order valence-corrected chi connectivity index (χ2v) is 5.67. The molecule has 0 spiro atoms. The normalized spacial score (nSPS) is 16.0. The fourth-order valence-electron chi connectivity index (χ4n) is 2.67. The molecule has 1 aliphatic rings. The number of urea groups is 1. The number of carbonyl (C=O) groups is 1. The summed E-state index contributed by atoms with van der Waals surface area (Å²) in [7, 11) is 0. The maximum absolute atomic E-state index is 13.0. The summed E-state index contributed by atoms with van der Waals surface area (Å²) in [5.74, 6) is 0.1000. The maximum atomic E-state index is 13.0. The van der Waals surface area contributed by atoms with Crippen molar-refractivity contribution in [2.24, 2.45) is 5.92 Å². The Morgan fingerprint density at radius 2 is 2.14 bits per heavy atom. The van der Waals surface area contributed by atoms with Gasteiger partial charge in [0.15, 0.2) is 0 Å². The number of likely N-dealkylation sites (tertiary alicyclic amines) is 1. The molecular formula is C16H23FN2O2. The zero-order valence-corrected chi connectivity index (χ0v) is 12.4. The number of nitrogens with zero attached hydrogens (tertiary/aromatic N) is 1. The third-order valence-electron chi connectivity index (χ3n) is 4.14. The highest BCUT2D eigenvalue weighted by molar-refractivity contribution is 5.74. The number of rotatable bonds is 4. The summed E-state index contributed by atoms with van der Waals surface area (Å²) in [6, 6.07) is 4.68. The van der Waals surface area contributed by atoms with E-state index in [-0.39, 0.29) is 18.5 Å². The lowest BCUT2D eigenvalue weighted by molar-refractivity contribution is 0.137. The molecule has 0 radical (unpaired) electrons. The quantitative estimate of drug-likeness (QED) is 0.893. The van der Waals surface area contributed by atoms with Crippen LogP contribution >= 0.6 is 0 Å². The second kappa shape index (κ2) is 7.41. The Labute approximate surface area is 125 Å². The summed E-state index contributed by atoms with van der Waals surface area (Å²) in [6.45, 7) is 4.03. The van der Waals surface area contributed by atoms with Crippen molar-refractivity contribution in [2.75, 3.05) is 26.2 Å². The lowest BCUT2D eigenvalue weighted by Crippen LogP contribution is -2.45. The molecule has 2 rings (SSSR count). The number of carbonyl (C=O) groups excluding carboxylic acids is 1. The van der Waals surface area contributed by atoms with Gasteiger partial charge in [-0.2, -0.15) is 0 Å². The average molecular weight is 294 g/mol. The number of aliphatic hydroxyl groups is 1. The fraction of sp³-hybridized carbons (Fsp3) is 0.562. The summed E-state index contributed by atoms with van der Waals surface area (Å²) in [4.78, 5) is 13.8. The molecule has 0 bridgehead atoms. The van der Waals surface area contributed by atoms with Gasteiger partial charge >= 0.3 is 6.03 Å². The number of aryl methyl sites for hydroxylation is 1.